The summed E-state index contributed by atoms with van der Waals surface area (Å²) in [6.07, 6.45) is -4.71. The zero-order valence-corrected chi connectivity index (χ0v) is 16.7. The molecule has 0 aromatic heterocycles. The lowest BCUT2D eigenvalue weighted by Gasteiger charge is -2.22. The summed E-state index contributed by atoms with van der Waals surface area (Å²) in [7, 11) is -3.25. The van der Waals surface area contributed by atoms with Crippen LogP contribution in [0.3, 0.4) is 0 Å². The molecule has 7 nitrogen and oxygen atoms in total. The van der Waals surface area contributed by atoms with E-state index < -0.39 is 51.6 Å². The van der Waals surface area contributed by atoms with E-state index in [4.69, 9.17) is 0 Å². The van der Waals surface area contributed by atoms with E-state index in [0.717, 1.165) is 30.2 Å². The molecule has 0 spiro atoms. The number of sulfonamides is 1. The number of amides is 1. The number of ether oxygens (including phenoxy) is 1. The number of methoxy groups -OCH3 is 1. The number of nitrogens with one attached hydrogen (secondary N) is 1. The molecule has 0 aliphatic carbocycles. The number of halogens is 3. The number of carbonyl (C=O) groups is 2. The first-order valence-electron chi connectivity index (χ1n) is 8.58. The zero-order valence-electron chi connectivity index (χ0n) is 15.8. The Hall–Kier alpha value is -2.92. The van der Waals surface area contributed by atoms with Gasteiger partial charge in [0.25, 0.3) is 0 Å². The van der Waals surface area contributed by atoms with Gasteiger partial charge in [-0.05, 0) is 23.8 Å². The van der Waals surface area contributed by atoms with Crippen LogP contribution in [0.4, 0.5) is 13.2 Å². The van der Waals surface area contributed by atoms with Gasteiger partial charge in [-0.25, -0.2) is 13.1 Å². The van der Waals surface area contributed by atoms with Crippen LogP contribution in [0.2, 0.25) is 0 Å². The molecule has 2 aromatic carbocycles. The quantitative estimate of drug-likeness (QED) is 0.630. The summed E-state index contributed by atoms with van der Waals surface area (Å²) in [6.45, 7) is -1.15. The molecule has 0 aliphatic heterocycles. The Labute approximate surface area is 171 Å². The van der Waals surface area contributed by atoms with Crippen molar-refractivity contribution < 1.29 is 35.9 Å². The molecule has 0 heterocycles. The van der Waals surface area contributed by atoms with E-state index in [2.05, 4.69) is 4.74 Å². The molecule has 0 unspecified atom stereocenters. The van der Waals surface area contributed by atoms with Gasteiger partial charge in [0.15, 0.2) is 0 Å². The van der Waals surface area contributed by atoms with Gasteiger partial charge in [0, 0.05) is 6.54 Å². The zero-order chi connectivity index (χ0) is 22.4. The Morgan fingerprint density at radius 2 is 1.73 bits per heavy atom. The summed E-state index contributed by atoms with van der Waals surface area (Å²) < 4.78 is 69.6. The molecule has 0 radical (unpaired) electrons. The lowest BCUT2D eigenvalue weighted by Crippen LogP contribution is -2.42. The highest BCUT2D eigenvalue weighted by molar-refractivity contribution is 7.89. The highest BCUT2D eigenvalue weighted by Crippen LogP contribution is 2.30. The second kappa shape index (κ2) is 9.72. The molecule has 11 heteroatoms. The topological polar surface area (TPSA) is 92.8 Å². The van der Waals surface area contributed by atoms with Gasteiger partial charge in [0.05, 0.1) is 24.1 Å². The minimum atomic E-state index is -4.71. The van der Waals surface area contributed by atoms with E-state index >= 15 is 0 Å². The smallest absolute Gasteiger partial charge is 0.416 e. The third-order valence-electron chi connectivity index (χ3n) is 4.00. The van der Waals surface area contributed by atoms with E-state index in [1.165, 1.54) is 0 Å². The van der Waals surface area contributed by atoms with E-state index in [-0.39, 0.29) is 6.54 Å². The molecular weight excluding hydrogens is 425 g/mol. The monoisotopic (exact) mass is 444 g/mol. The minimum Gasteiger partial charge on any atom is -0.468 e. The Balaban J connectivity index is 2.14. The van der Waals surface area contributed by atoms with Crippen molar-refractivity contribution in [2.75, 3.05) is 20.2 Å². The first kappa shape index (κ1) is 23.4. The summed E-state index contributed by atoms with van der Waals surface area (Å²) in [6, 6.07) is 11.8. The van der Waals surface area contributed by atoms with E-state index in [1.807, 2.05) is 4.72 Å². The van der Waals surface area contributed by atoms with Crippen LogP contribution in [0.1, 0.15) is 11.1 Å². The highest BCUT2D eigenvalue weighted by atomic mass is 32.2. The molecule has 0 bridgehead atoms. The van der Waals surface area contributed by atoms with Crippen LogP contribution in [0, 0.1) is 0 Å². The maximum atomic E-state index is 12.8. The third kappa shape index (κ3) is 6.56. The molecule has 2 aromatic rings. The number of rotatable bonds is 8. The molecule has 2 rings (SSSR count). The summed E-state index contributed by atoms with van der Waals surface area (Å²) in [5.41, 5.74) is -0.441. The van der Waals surface area contributed by atoms with Crippen LogP contribution in [0.25, 0.3) is 0 Å². The van der Waals surface area contributed by atoms with Crippen LogP contribution >= 0.6 is 0 Å². The van der Waals surface area contributed by atoms with Crippen molar-refractivity contribution in [3.8, 4) is 0 Å². The molecule has 0 atom stereocenters. The second-order valence-electron chi connectivity index (χ2n) is 6.16. The molecule has 0 fully saturated rings. The van der Waals surface area contributed by atoms with Crippen molar-refractivity contribution >= 4 is 21.9 Å². The Bertz CT molecular complexity index is 995. The fourth-order valence-electron chi connectivity index (χ4n) is 2.45. The van der Waals surface area contributed by atoms with Crippen molar-refractivity contribution in [3.05, 3.63) is 65.7 Å². The Kier molecular flexibility index (Phi) is 7.57. The lowest BCUT2D eigenvalue weighted by molar-refractivity contribution is -0.147. The van der Waals surface area contributed by atoms with Gasteiger partial charge in [-0.2, -0.15) is 13.2 Å². The Morgan fingerprint density at radius 3 is 2.33 bits per heavy atom. The highest BCUT2D eigenvalue weighted by Gasteiger charge is 2.32. The fourth-order valence-corrected chi connectivity index (χ4v) is 3.47. The van der Waals surface area contributed by atoms with Crippen LogP contribution in [-0.4, -0.2) is 45.4 Å². The Morgan fingerprint density at radius 1 is 1.07 bits per heavy atom. The van der Waals surface area contributed by atoms with E-state index in [9.17, 15) is 31.2 Å². The minimum absolute atomic E-state index is 0.0139. The van der Waals surface area contributed by atoms with Crippen molar-refractivity contribution in [1.29, 1.82) is 0 Å². The summed E-state index contributed by atoms with van der Waals surface area (Å²) >= 11 is 0. The van der Waals surface area contributed by atoms with Crippen LogP contribution in [0.15, 0.2) is 59.5 Å². The van der Waals surface area contributed by atoms with E-state index in [0.29, 0.717) is 11.6 Å². The average Bonchev–Trinajstić information content (AvgIpc) is 2.71. The number of nitrogens with zero attached hydrogens (tertiary/aromatic N) is 1. The molecule has 0 saturated heterocycles. The number of benzene rings is 2. The average molecular weight is 444 g/mol. The van der Waals surface area contributed by atoms with Gasteiger partial charge >= 0.3 is 12.1 Å². The van der Waals surface area contributed by atoms with Gasteiger partial charge in [0.2, 0.25) is 15.9 Å². The van der Waals surface area contributed by atoms with Crippen molar-refractivity contribution in [1.82, 2.24) is 9.62 Å². The summed E-state index contributed by atoms with van der Waals surface area (Å²) in [5.74, 6) is -1.46. The van der Waals surface area contributed by atoms with Gasteiger partial charge in [-0.15, -0.1) is 0 Å². The predicted molar refractivity (Wildman–Crippen MR) is 101 cm³/mol. The number of alkyl halides is 3. The number of hydrogen-bond donors (Lipinski definition) is 1. The number of esters is 1. The van der Waals surface area contributed by atoms with Crippen molar-refractivity contribution in [2.45, 2.75) is 17.6 Å². The number of carbonyl (C=O) groups excluding carboxylic acids is 2. The standard InChI is InChI=1S/C19H19F3N2O5S/c1-29-18(26)13-24(12-14-6-3-2-4-7-14)17(25)11-23-30(27,28)16-9-5-8-15(10-16)19(20,21)22/h2-10,23H,11-13H2,1H3. The second-order valence-corrected chi connectivity index (χ2v) is 7.93. The SMILES string of the molecule is COC(=O)CN(Cc1ccccc1)C(=O)CNS(=O)(=O)c1cccc(C(F)(F)F)c1. The van der Waals surface area contributed by atoms with E-state index in [1.54, 1.807) is 30.3 Å². The third-order valence-corrected chi connectivity index (χ3v) is 5.40. The largest absolute Gasteiger partial charge is 0.468 e. The summed E-state index contributed by atoms with van der Waals surface area (Å²) in [5, 5.41) is 0. The molecule has 30 heavy (non-hydrogen) atoms. The number of hydrogen-bond acceptors (Lipinski definition) is 5. The van der Waals surface area contributed by atoms with Crippen molar-refractivity contribution in [3.63, 3.8) is 0 Å². The van der Waals surface area contributed by atoms with Gasteiger partial charge in [-0.3, -0.25) is 9.59 Å². The maximum Gasteiger partial charge on any atom is 0.416 e. The first-order valence-corrected chi connectivity index (χ1v) is 10.1. The summed E-state index contributed by atoms with van der Waals surface area (Å²) in [4.78, 5) is 24.6. The fraction of sp³-hybridized carbons (Fsp3) is 0.263. The molecule has 162 valence electrons. The molecule has 1 N–H and O–H groups in total. The first-order chi connectivity index (χ1) is 14.0. The predicted octanol–water partition coefficient (Wildman–Crippen LogP) is 2.19. The molecule has 0 aliphatic rings. The van der Waals surface area contributed by atoms with Crippen LogP contribution in [0.5, 0.6) is 0 Å². The van der Waals surface area contributed by atoms with Gasteiger partial charge < -0.3 is 9.64 Å². The van der Waals surface area contributed by atoms with Crippen LogP contribution in [-0.2, 0) is 37.1 Å². The maximum absolute atomic E-state index is 12.8. The molecular formula is C19H19F3N2O5S. The van der Waals surface area contributed by atoms with Crippen LogP contribution < -0.4 is 4.72 Å². The molecule has 0 saturated carbocycles. The lowest BCUT2D eigenvalue weighted by atomic mass is 10.2. The van der Waals surface area contributed by atoms with Gasteiger partial charge in [-0.1, -0.05) is 36.4 Å². The van der Waals surface area contributed by atoms with Gasteiger partial charge in [0.1, 0.15) is 6.54 Å². The van der Waals surface area contributed by atoms with Crippen molar-refractivity contribution in [2.24, 2.45) is 0 Å². The normalized spacial score (nSPS) is 11.7. The molecule has 1 amide bonds.